The Morgan fingerprint density at radius 3 is 2.32 bits per heavy atom. The van der Waals surface area contributed by atoms with E-state index in [-0.39, 0.29) is 21.4 Å². The maximum Gasteiger partial charge on any atom is 0.198 e. The van der Waals surface area contributed by atoms with E-state index >= 15 is 0 Å². The number of halogens is 4. The lowest BCUT2D eigenvalue weighted by atomic mass is 10.2. The fourth-order valence-corrected chi connectivity index (χ4v) is 1.80. The molecule has 100 valence electrons. The molecule has 19 heavy (non-hydrogen) atoms. The number of benzene rings is 2. The van der Waals surface area contributed by atoms with Gasteiger partial charge in [0.2, 0.25) is 0 Å². The highest BCUT2D eigenvalue weighted by atomic mass is 35.5. The van der Waals surface area contributed by atoms with E-state index in [9.17, 15) is 8.78 Å². The van der Waals surface area contributed by atoms with Crippen LogP contribution in [0.25, 0.3) is 0 Å². The van der Waals surface area contributed by atoms with Gasteiger partial charge >= 0.3 is 0 Å². The Hall–Kier alpha value is -1.36. The molecule has 6 heteroatoms. The maximum atomic E-state index is 13.7. The molecule has 0 amide bonds. The third kappa shape index (κ3) is 2.97. The predicted molar refractivity (Wildman–Crippen MR) is 68.8 cm³/mol. The van der Waals surface area contributed by atoms with E-state index in [1.165, 1.54) is 12.1 Å². The van der Waals surface area contributed by atoms with Crippen molar-refractivity contribution >= 4 is 23.2 Å². The molecule has 0 saturated heterocycles. The first-order chi connectivity index (χ1) is 9.02. The van der Waals surface area contributed by atoms with Crippen molar-refractivity contribution in [2.75, 3.05) is 0 Å². The Morgan fingerprint density at radius 1 is 1.11 bits per heavy atom. The maximum absolute atomic E-state index is 13.7. The van der Waals surface area contributed by atoms with Crippen molar-refractivity contribution in [3.63, 3.8) is 0 Å². The zero-order valence-corrected chi connectivity index (χ0v) is 11.0. The fourth-order valence-electron chi connectivity index (χ4n) is 1.47. The first-order valence-corrected chi connectivity index (χ1v) is 5.99. The average molecular weight is 305 g/mol. The van der Waals surface area contributed by atoms with Gasteiger partial charge in [0.25, 0.3) is 0 Å². The van der Waals surface area contributed by atoms with Crippen LogP contribution >= 0.6 is 23.2 Å². The van der Waals surface area contributed by atoms with Crippen LogP contribution in [0.4, 0.5) is 8.78 Å². The van der Waals surface area contributed by atoms with E-state index in [4.69, 9.17) is 33.0 Å². The van der Waals surface area contributed by atoms with Crippen LogP contribution in [-0.4, -0.2) is 5.11 Å². The Labute approximate surface area is 118 Å². The van der Waals surface area contributed by atoms with Crippen LogP contribution in [0.1, 0.15) is 5.56 Å². The third-order valence-electron chi connectivity index (χ3n) is 2.37. The molecule has 0 fully saturated rings. The summed E-state index contributed by atoms with van der Waals surface area (Å²) in [4.78, 5) is 0. The molecule has 0 spiro atoms. The first kappa shape index (κ1) is 14.1. The van der Waals surface area contributed by atoms with Gasteiger partial charge in [-0.15, -0.1) is 0 Å². The van der Waals surface area contributed by atoms with Crippen LogP contribution in [0.2, 0.25) is 10.0 Å². The smallest absolute Gasteiger partial charge is 0.198 e. The number of ether oxygens (including phenoxy) is 1. The SMILES string of the molecule is OCc1cc(F)c(Oc2cccc(Cl)c2Cl)c(F)c1. The van der Waals surface area contributed by atoms with Crippen molar-refractivity contribution < 1.29 is 18.6 Å². The molecule has 0 aromatic heterocycles. The van der Waals surface area contributed by atoms with Gasteiger partial charge in [-0.25, -0.2) is 8.78 Å². The molecule has 0 aliphatic heterocycles. The molecule has 2 nitrogen and oxygen atoms in total. The van der Waals surface area contributed by atoms with E-state index in [0.717, 1.165) is 12.1 Å². The summed E-state index contributed by atoms with van der Waals surface area (Å²) in [7, 11) is 0. The standard InChI is InChI=1S/C13H8Cl2F2O2/c14-8-2-1-3-11(12(8)15)19-13-9(16)4-7(6-18)5-10(13)17/h1-5,18H,6H2. The van der Waals surface area contributed by atoms with E-state index in [1.54, 1.807) is 6.07 Å². The Kier molecular flexibility index (Phi) is 4.24. The molecule has 0 atom stereocenters. The molecule has 0 radical (unpaired) electrons. The summed E-state index contributed by atoms with van der Waals surface area (Å²) in [5, 5.41) is 9.11. The van der Waals surface area contributed by atoms with E-state index in [0.29, 0.717) is 0 Å². The summed E-state index contributed by atoms with van der Waals surface area (Å²) in [5.41, 5.74) is 0.111. The van der Waals surface area contributed by atoms with Crippen molar-refractivity contribution in [1.82, 2.24) is 0 Å². The summed E-state index contributed by atoms with van der Waals surface area (Å²) >= 11 is 11.6. The van der Waals surface area contributed by atoms with E-state index in [1.807, 2.05) is 0 Å². The van der Waals surface area contributed by atoms with Crippen molar-refractivity contribution in [2.24, 2.45) is 0 Å². The molecule has 2 rings (SSSR count). The molecule has 0 bridgehead atoms. The second kappa shape index (κ2) is 5.74. The molecule has 2 aromatic carbocycles. The Morgan fingerprint density at radius 2 is 1.74 bits per heavy atom. The third-order valence-corrected chi connectivity index (χ3v) is 3.17. The van der Waals surface area contributed by atoms with Gasteiger partial charge in [0.15, 0.2) is 17.4 Å². The molecule has 0 saturated carbocycles. The van der Waals surface area contributed by atoms with Gasteiger partial charge in [-0.05, 0) is 29.8 Å². The summed E-state index contributed by atoms with van der Waals surface area (Å²) in [6.45, 7) is -0.466. The van der Waals surface area contributed by atoms with E-state index in [2.05, 4.69) is 0 Å². The number of rotatable bonds is 3. The number of hydrogen-bond acceptors (Lipinski definition) is 2. The van der Waals surface area contributed by atoms with Gasteiger partial charge in [0.1, 0.15) is 10.8 Å². The van der Waals surface area contributed by atoms with Gasteiger partial charge in [-0.2, -0.15) is 0 Å². The molecule has 1 N–H and O–H groups in total. The van der Waals surface area contributed by atoms with Crippen molar-refractivity contribution in [1.29, 1.82) is 0 Å². The lowest BCUT2D eigenvalue weighted by Crippen LogP contribution is -1.96. The van der Waals surface area contributed by atoms with Gasteiger partial charge in [-0.3, -0.25) is 0 Å². The van der Waals surface area contributed by atoms with Gasteiger partial charge in [-0.1, -0.05) is 29.3 Å². The number of aliphatic hydroxyl groups is 1. The van der Waals surface area contributed by atoms with Crippen LogP contribution in [0.5, 0.6) is 11.5 Å². The monoisotopic (exact) mass is 304 g/mol. The minimum Gasteiger partial charge on any atom is -0.450 e. The largest absolute Gasteiger partial charge is 0.450 e. The highest BCUT2D eigenvalue weighted by Gasteiger charge is 2.15. The summed E-state index contributed by atoms with van der Waals surface area (Å²) in [5.74, 6) is -2.41. The van der Waals surface area contributed by atoms with Crippen LogP contribution in [0.3, 0.4) is 0 Å². The predicted octanol–water partition coefficient (Wildman–Crippen LogP) is 4.56. The van der Waals surface area contributed by atoms with Crippen molar-refractivity contribution in [3.8, 4) is 11.5 Å². The zero-order valence-electron chi connectivity index (χ0n) is 9.46. The van der Waals surface area contributed by atoms with Gasteiger partial charge < -0.3 is 9.84 Å². The minimum atomic E-state index is -0.930. The first-order valence-electron chi connectivity index (χ1n) is 5.23. The van der Waals surface area contributed by atoms with Gasteiger partial charge in [0.05, 0.1) is 11.6 Å². The van der Waals surface area contributed by atoms with Gasteiger partial charge in [0, 0.05) is 0 Å². The topological polar surface area (TPSA) is 29.5 Å². The molecule has 0 aliphatic rings. The lowest BCUT2D eigenvalue weighted by molar-refractivity contribution is 0.279. The highest BCUT2D eigenvalue weighted by Crippen LogP contribution is 2.36. The fraction of sp³-hybridized carbons (Fsp3) is 0.0769. The number of aliphatic hydroxyl groups excluding tert-OH is 1. The second-order valence-electron chi connectivity index (χ2n) is 3.70. The molecule has 0 aliphatic carbocycles. The van der Waals surface area contributed by atoms with Crippen LogP contribution in [0, 0.1) is 11.6 Å². The van der Waals surface area contributed by atoms with Crippen molar-refractivity contribution in [2.45, 2.75) is 6.61 Å². The van der Waals surface area contributed by atoms with Crippen LogP contribution < -0.4 is 4.74 Å². The molecular formula is C13H8Cl2F2O2. The minimum absolute atomic E-state index is 0.0451. The quantitative estimate of drug-likeness (QED) is 0.901. The Balaban J connectivity index is 2.41. The normalized spacial score (nSPS) is 10.6. The molecular weight excluding hydrogens is 297 g/mol. The molecule has 0 unspecified atom stereocenters. The summed E-state index contributed by atoms with van der Waals surface area (Å²) in [6.07, 6.45) is 0. The zero-order chi connectivity index (χ0) is 14.0. The highest BCUT2D eigenvalue weighted by molar-refractivity contribution is 6.42. The molecule has 2 aromatic rings. The molecule has 0 heterocycles. The lowest BCUT2D eigenvalue weighted by Gasteiger charge is -2.11. The van der Waals surface area contributed by atoms with E-state index < -0.39 is 24.0 Å². The Bertz CT molecular complexity index is 595. The van der Waals surface area contributed by atoms with Crippen LogP contribution in [-0.2, 0) is 6.61 Å². The average Bonchev–Trinajstić information content (AvgIpc) is 2.38. The summed E-state index contributed by atoms with van der Waals surface area (Å²) in [6, 6.07) is 6.47. The van der Waals surface area contributed by atoms with Crippen LogP contribution in [0.15, 0.2) is 30.3 Å². The van der Waals surface area contributed by atoms with Crippen molar-refractivity contribution in [3.05, 3.63) is 57.6 Å². The number of hydrogen-bond donors (Lipinski definition) is 1. The second-order valence-corrected chi connectivity index (χ2v) is 4.49. The summed E-state index contributed by atoms with van der Waals surface area (Å²) < 4.78 is 32.4.